The molecule has 0 spiro atoms. The van der Waals surface area contributed by atoms with Crippen LogP contribution in [0.4, 0.5) is 10.5 Å². The third kappa shape index (κ3) is 4.32. The van der Waals surface area contributed by atoms with Gasteiger partial charge in [-0.2, -0.15) is 5.10 Å². The minimum atomic E-state index is -0.387. The van der Waals surface area contributed by atoms with Crippen molar-refractivity contribution in [1.82, 2.24) is 14.8 Å². The molecule has 0 aliphatic rings. The fraction of sp³-hybridized carbons (Fsp3) is 0.238. The van der Waals surface area contributed by atoms with Gasteiger partial charge < -0.3 is 10.1 Å². The Morgan fingerprint density at radius 3 is 2.61 bits per heavy atom. The lowest BCUT2D eigenvalue weighted by molar-refractivity contribution is 0.223. The van der Waals surface area contributed by atoms with Gasteiger partial charge in [-0.25, -0.2) is 15.3 Å². The lowest BCUT2D eigenvalue weighted by atomic mass is 10.1. The standard InChI is InChI=1S/C21H25N5O2/c1-14-6-5-7-19(23-21(27)25(4)22)18(14)13-28-20-9-8-17(12-15(20)2)26-11-10-16(3)24-26/h5-12H,13,22H2,1-4H3,(H,23,27). The van der Waals surface area contributed by atoms with Gasteiger partial charge in [-0.05, 0) is 62.2 Å². The molecule has 1 heterocycles. The van der Waals surface area contributed by atoms with E-state index >= 15 is 0 Å². The highest BCUT2D eigenvalue weighted by Gasteiger charge is 2.12. The predicted molar refractivity (Wildman–Crippen MR) is 110 cm³/mol. The van der Waals surface area contributed by atoms with Gasteiger partial charge in [-0.1, -0.05) is 12.1 Å². The maximum atomic E-state index is 11.9. The van der Waals surface area contributed by atoms with Crippen molar-refractivity contribution in [2.45, 2.75) is 27.4 Å². The van der Waals surface area contributed by atoms with Crippen LogP contribution in [0.5, 0.6) is 5.75 Å². The summed E-state index contributed by atoms with van der Waals surface area (Å²) in [6.07, 6.45) is 1.93. The van der Waals surface area contributed by atoms with E-state index in [2.05, 4.69) is 10.4 Å². The molecule has 3 rings (SSSR count). The average Bonchev–Trinajstić information content (AvgIpc) is 3.08. The smallest absolute Gasteiger partial charge is 0.335 e. The number of ether oxygens (including phenoxy) is 1. The third-order valence-electron chi connectivity index (χ3n) is 4.49. The Bertz CT molecular complexity index is 994. The Kier molecular flexibility index (Phi) is 5.65. The lowest BCUT2D eigenvalue weighted by Gasteiger charge is -2.17. The number of urea groups is 1. The summed E-state index contributed by atoms with van der Waals surface area (Å²) < 4.78 is 7.89. The number of nitrogens with zero attached hydrogens (tertiary/aromatic N) is 3. The van der Waals surface area contributed by atoms with Crippen LogP contribution in [0.25, 0.3) is 5.69 Å². The van der Waals surface area contributed by atoms with Gasteiger partial charge in [-0.15, -0.1) is 0 Å². The van der Waals surface area contributed by atoms with E-state index in [1.165, 1.54) is 7.05 Å². The molecule has 0 aliphatic heterocycles. The summed E-state index contributed by atoms with van der Waals surface area (Å²) in [5.41, 5.74) is 5.57. The number of hydrogen-bond donors (Lipinski definition) is 2. The number of amides is 2. The first kappa shape index (κ1) is 19.4. The van der Waals surface area contributed by atoms with Crippen LogP contribution in [0.2, 0.25) is 0 Å². The molecule has 0 bridgehead atoms. The number of hydrazine groups is 1. The molecule has 0 fully saturated rings. The molecule has 146 valence electrons. The zero-order valence-electron chi connectivity index (χ0n) is 16.6. The summed E-state index contributed by atoms with van der Waals surface area (Å²) in [4.78, 5) is 11.9. The topological polar surface area (TPSA) is 85.4 Å². The molecule has 28 heavy (non-hydrogen) atoms. The van der Waals surface area contributed by atoms with Crippen LogP contribution in [0.15, 0.2) is 48.7 Å². The lowest BCUT2D eigenvalue weighted by Crippen LogP contribution is -2.37. The van der Waals surface area contributed by atoms with Crippen molar-refractivity contribution in [3.63, 3.8) is 0 Å². The highest BCUT2D eigenvalue weighted by atomic mass is 16.5. The first-order valence-electron chi connectivity index (χ1n) is 8.99. The number of carbonyl (C=O) groups excluding carboxylic acids is 1. The monoisotopic (exact) mass is 379 g/mol. The number of hydrogen-bond acceptors (Lipinski definition) is 4. The fourth-order valence-electron chi connectivity index (χ4n) is 2.86. The van der Waals surface area contributed by atoms with Crippen LogP contribution in [-0.2, 0) is 6.61 Å². The van der Waals surface area contributed by atoms with Crippen molar-refractivity contribution in [3.05, 3.63) is 71.0 Å². The van der Waals surface area contributed by atoms with Crippen molar-refractivity contribution in [3.8, 4) is 11.4 Å². The van der Waals surface area contributed by atoms with E-state index in [4.69, 9.17) is 10.6 Å². The second kappa shape index (κ2) is 8.14. The molecule has 3 aromatic rings. The van der Waals surface area contributed by atoms with E-state index in [9.17, 15) is 4.79 Å². The van der Waals surface area contributed by atoms with Gasteiger partial charge in [0.2, 0.25) is 0 Å². The van der Waals surface area contributed by atoms with Gasteiger partial charge in [0, 0.05) is 24.5 Å². The van der Waals surface area contributed by atoms with E-state index < -0.39 is 0 Å². The minimum absolute atomic E-state index is 0.331. The van der Waals surface area contributed by atoms with Crippen LogP contribution in [0, 0.1) is 20.8 Å². The third-order valence-corrected chi connectivity index (χ3v) is 4.49. The molecule has 0 aliphatic carbocycles. The van der Waals surface area contributed by atoms with E-state index in [0.29, 0.717) is 12.3 Å². The molecule has 3 N–H and O–H groups in total. The SMILES string of the molecule is Cc1ccn(-c2ccc(OCc3c(C)cccc3NC(=O)N(C)N)c(C)c2)n1. The molecule has 0 unspecified atom stereocenters. The molecule has 0 saturated heterocycles. The Morgan fingerprint density at radius 2 is 1.96 bits per heavy atom. The summed E-state index contributed by atoms with van der Waals surface area (Å²) in [7, 11) is 1.49. The first-order valence-corrected chi connectivity index (χ1v) is 8.99. The van der Waals surface area contributed by atoms with Gasteiger partial charge in [0.05, 0.1) is 11.4 Å². The number of aromatic nitrogens is 2. The van der Waals surface area contributed by atoms with Gasteiger partial charge in [0.1, 0.15) is 12.4 Å². The number of nitrogens with two attached hydrogens (primary N) is 1. The number of anilines is 1. The number of rotatable bonds is 5. The molecule has 2 amide bonds. The van der Waals surface area contributed by atoms with Crippen molar-refractivity contribution in [2.24, 2.45) is 5.84 Å². The van der Waals surface area contributed by atoms with Crippen LogP contribution in [0.1, 0.15) is 22.4 Å². The van der Waals surface area contributed by atoms with Crippen molar-refractivity contribution in [2.75, 3.05) is 12.4 Å². The van der Waals surface area contributed by atoms with E-state index in [0.717, 1.165) is 38.8 Å². The highest BCUT2D eigenvalue weighted by molar-refractivity contribution is 5.89. The number of carbonyl (C=O) groups is 1. The summed E-state index contributed by atoms with van der Waals surface area (Å²) in [5.74, 6) is 6.28. The molecule has 7 nitrogen and oxygen atoms in total. The maximum absolute atomic E-state index is 11.9. The number of benzene rings is 2. The Morgan fingerprint density at radius 1 is 1.18 bits per heavy atom. The van der Waals surface area contributed by atoms with Gasteiger partial charge in [0.25, 0.3) is 0 Å². The van der Waals surface area contributed by atoms with Gasteiger partial charge >= 0.3 is 6.03 Å². The Hall–Kier alpha value is -3.32. The summed E-state index contributed by atoms with van der Waals surface area (Å²) >= 11 is 0. The van der Waals surface area contributed by atoms with Crippen LogP contribution < -0.4 is 15.9 Å². The molecule has 1 aromatic heterocycles. The van der Waals surface area contributed by atoms with E-state index in [1.54, 1.807) is 0 Å². The molecule has 0 radical (unpaired) electrons. The van der Waals surface area contributed by atoms with Crippen LogP contribution >= 0.6 is 0 Å². The summed E-state index contributed by atoms with van der Waals surface area (Å²) in [6, 6.07) is 13.2. The quantitative estimate of drug-likeness (QED) is 0.402. The summed E-state index contributed by atoms with van der Waals surface area (Å²) in [5, 5.41) is 8.24. The van der Waals surface area contributed by atoms with Crippen LogP contribution in [-0.4, -0.2) is 27.9 Å². The molecule has 0 saturated carbocycles. The molecule has 7 heteroatoms. The van der Waals surface area contributed by atoms with Crippen molar-refractivity contribution >= 4 is 11.7 Å². The average molecular weight is 379 g/mol. The second-order valence-corrected chi connectivity index (χ2v) is 6.78. The molecular weight excluding hydrogens is 354 g/mol. The Balaban J connectivity index is 1.78. The number of aryl methyl sites for hydroxylation is 3. The van der Waals surface area contributed by atoms with Gasteiger partial charge in [-0.3, -0.25) is 5.01 Å². The van der Waals surface area contributed by atoms with Crippen LogP contribution in [0.3, 0.4) is 0 Å². The highest BCUT2D eigenvalue weighted by Crippen LogP contribution is 2.25. The molecular formula is C21H25N5O2. The van der Waals surface area contributed by atoms with Gasteiger partial charge in [0.15, 0.2) is 0 Å². The van der Waals surface area contributed by atoms with Crippen molar-refractivity contribution in [1.29, 1.82) is 0 Å². The summed E-state index contributed by atoms with van der Waals surface area (Å²) in [6.45, 7) is 6.27. The molecule has 2 aromatic carbocycles. The predicted octanol–water partition coefficient (Wildman–Crippen LogP) is 3.71. The normalized spacial score (nSPS) is 10.6. The van der Waals surface area contributed by atoms with E-state index in [1.807, 2.05) is 74.1 Å². The fourth-order valence-corrected chi connectivity index (χ4v) is 2.86. The first-order chi connectivity index (χ1) is 13.3. The zero-order valence-corrected chi connectivity index (χ0v) is 16.6. The second-order valence-electron chi connectivity index (χ2n) is 6.78. The Labute approximate surface area is 164 Å². The molecule has 0 atom stereocenters. The minimum Gasteiger partial charge on any atom is -0.489 e. The van der Waals surface area contributed by atoms with E-state index in [-0.39, 0.29) is 6.03 Å². The number of nitrogens with one attached hydrogen (secondary N) is 1. The largest absolute Gasteiger partial charge is 0.489 e. The zero-order chi connectivity index (χ0) is 20.3. The maximum Gasteiger partial charge on any atom is 0.335 e. The van der Waals surface area contributed by atoms with Crippen molar-refractivity contribution < 1.29 is 9.53 Å².